The molecule has 1 fully saturated rings. The quantitative estimate of drug-likeness (QED) is 0.901. The van der Waals surface area contributed by atoms with Gasteiger partial charge in [-0.2, -0.15) is 0 Å². The zero-order valence-electron chi connectivity index (χ0n) is 8.80. The number of hydrogen-bond acceptors (Lipinski definition) is 2. The number of ether oxygens (including phenoxy) is 1. The normalized spacial score (nSPS) is 23.8. The molecular formula is C12H13BrFNO. The van der Waals surface area contributed by atoms with Crippen molar-refractivity contribution in [3.8, 4) is 5.75 Å². The molecule has 1 heterocycles. The lowest BCUT2D eigenvalue weighted by molar-refractivity contribution is 0.239. The number of rotatable bonds is 2. The molecule has 1 aromatic carbocycles. The van der Waals surface area contributed by atoms with Gasteiger partial charge in [-0.3, -0.25) is 0 Å². The maximum Gasteiger partial charge on any atom is 0.165 e. The van der Waals surface area contributed by atoms with Crippen molar-refractivity contribution in [1.82, 2.24) is 5.32 Å². The third-order valence-corrected chi connectivity index (χ3v) is 3.80. The Morgan fingerprint density at radius 2 is 2.12 bits per heavy atom. The van der Waals surface area contributed by atoms with Crippen LogP contribution in [0.2, 0.25) is 0 Å². The fourth-order valence-electron chi connectivity index (χ4n) is 2.14. The van der Waals surface area contributed by atoms with Gasteiger partial charge in [0.15, 0.2) is 11.6 Å². The number of hydrogen-bond donors (Lipinski definition) is 1. The second-order valence-corrected chi connectivity index (χ2v) is 5.26. The molecule has 1 saturated carbocycles. The van der Waals surface area contributed by atoms with Crippen molar-refractivity contribution in [2.24, 2.45) is 0 Å². The predicted molar refractivity (Wildman–Crippen MR) is 63.1 cm³/mol. The van der Waals surface area contributed by atoms with Gasteiger partial charge >= 0.3 is 0 Å². The maximum atomic E-state index is 13.6. The highest BCUT2D eigenvalue weighted by atomic mass is 79.9. The fraction of sp³-hybridized carbons (Fsp3) is 0.500. The van der Waals surface area contributed by atoms with Gasteiger partial charge < -0.3 is 10.1 Å². The van der Waals surface area contributed by atoms with E-state index in [0.717, 1.165) is 16.5 Å². The lowest BCUT2D eigenvalue weighted by Gasteiger charge is -2.28. The average Bonchev–Trinajstić information content (AvgIpc) is 3.08. The minimum absolute atomic E-state index is 0.223. The number of halogens is 2. The first-order valence-electron chi connectivity index (χ1n) is 5.62. The molecule has 1 aliphatic heterocycles. The Bertz CT molecular complexity index is 420. The molecule has 4 heteroatoms. The third kappa shape index (κ3) is 1.84. The molecule has 0 radical (unpaired) electrons. The molecule has 0 aromatic heterocycles. The van der Waals surface area contributed by atoms with Crippen molar-refractivity contribution < 1.29 is 9.13 Å². The van der Waals surface area contributed by atoms with E-state index in [0.29, 0.717) is 18.4 Å². The highest BCUT2D eigenvalue weighted by Crippen LogP contribution is 2.40. The molecule has 1 aromatic rings. The molecule has 0 bridgehead atoms. The number of nitrogens with one attached hydrogen (secondary N) is 1. The summed E-state index contributed by atoms with van der Waals surface area (Å²) in [5.41, 5.74) is 0.943. The van der Waals surface area contributed by atoms with E-state index >= 15 is 0 Å². The fourth-order valence-corrected chi connectivity index (χ4v) is 2.73. The van der Waals surface area contributed by atoms with Gasteiger partial charge in [-0.05, 0) is 25.0 Å². The molecule has 1 atom stereocenters. The molecular weight excluding hydrogens is 273 g/mol. The van der Waals surface area contributed by atoms with Crippen molar-refractivity contribution >= 4 is 15.9 Å². The van der Waals surface area contributed by atoms with Crippen LogP contribution >= 0.6 is 15.9 Å². The van der Waals surface area contributed by atoms with Crippen LogP contribution in [0.1, 0.15) is 30.9 Å². The van der Waals surface area contributed by atoms with E-state index in [4.69, 9.17) is 4.74 Å². The third-order valence-electron chi connectivity index (χ3n) is 3.11. The smallest absolute Gasteiger partial charge is 0.165 e. The molecule has 2 nitrogen and oxygen atoms in total. The second-order valence-electron chi connectivity index (χ2n) is 4.40. The molecule has 0 spiro atoms. The van der Waals surface area contributed by atoms with Gasteiger partial charge in [0.25, 0.3) is 0 Å². The van der Waals surface area contributed by atoms with Gasteiger partial charge in [0.1, 0.15) is 0 Å². The number of benzene rings is 1. The Labute approximate surface area is 102 Å². The molecule has 2 aliphatic rings. The summed E-state index contributed by atoms with van der Waals surface area (Å²) in [5.74, 6) is 0.152. The summed E-state index contributed by atoms with van der Waals surface area (Å²) in [6.45, 7) is 0.588. The Morgan fingerprint density at radius 3 is 2.88 bits per heavy atom. The molecule has 3 rings (SSSR count). The summed E-state index contributed by atoms with van der Waals surface area (Å²) in [7, 11) is 0. The van der Waals surface area contributed by atoms with Gasteiger partial charge in [0, 0.05) is 28.5 Å². The van der Waals surface area contributed by atoms with Gasteiger partial charge in [0.2, 0.25) is 0 Å². The van der Waals surface area contributed by atoms with Crippen molar-refractivity contribution in [2.75, 3.05) is 6.61 Å². The first-order valence-corrected chi connectivity index (χ1v) is 6.42. The molecule has 16 heavy (non-hydrogen) atoms. The Kier molecular flexibility index (Phi) is 2.64. The van der Waals surface area contributed by atoms with E-state index in [-0.39, 0.29) is 11.9 Å². The van der Waals surface area contributed by atoms with Gasteiger partial charge in [-0.1, -0.05) is 15.9 Å². The van der Waals surface area contributed by atoms with Crippen LogP contribution in [-0.2, 0) is 0 Å². The average molecular weight is 286 g/mol. The topological polar surface area (TPSA) is 21.3 Å². The van der Waals surface area contributed by atoms with Crippen molar-refractivity contribution in [2.45, 2.75) is 31.3 Å². The highest BCUT2D eigenvalue weighted by Gasteiger charge is 2.31. The summed E-state index contributed by atoms with van der Waals surface area (Å²) in [6.07, 6.45) is 3.38. The lowest BCUT2D eigenvalue weighted by atomic mass is 10.00. The molecule has 1 aliphatic carbocycles. The van der Waals surface area contributed by atoms with Crippen LogP contribution in [0.4, 0.5) is 4.39 Å². The molecule has 0 amide bonds. The standard InChI is InChI=1S/C12H13BrFNO/c13-8-3-4-9(14)12-11(8)10(5-6-16-12)15-7-1-2-7/h3-4,7,10,15H,1-2,5-6H2. The molecule has 0 saturated heterocycles. The van der Waals surface area contributed by atoms with Crippen LogP contribution in [0, 0.1) is 5.82 Å². The molecule has 86 valence electrons. The molecule has 1 N–H and O–H groups in total. The van der Waals surface area contributed by atoms with E-state index in [1.807, 2.05) is 0 Å². The van der Waals surface area contributed by atoms with Crippen LogP contribution in [0.15, 0.2) is 16.6 Å². The monoisotopic (exact) mass is 285 g/mol. The van der Waals surface area contributed by atoms with Crippen molar-refractivity contribution in [1.29, 1.82) is 0 Å². The minimum Gasteiger partial charge on any atom is -0.490 e. The van der Waals surface area contributed by atoms with E-state index in [9.17, 15) is 4.39 Å². The van der Waals surface area contributed by atoms with Crippen molar-refractivity contribution in [3.05, 3.63) is 28.0 Å². The van der Waals surface area contributed by atoms with Crippen molar-refractivity contribution in [3.63, 3.8) is 0 Å². The first kappa shape index (κ1) is 10.5. The summed E-state index contributed by atoms with van der Waals surface area (Å²) in [6, 6.07) is 4.04. The predicted octanol–water partition coefficient (Wildman–Crippen LogP) is 3.16. The number of fused-ring (bicyclic) bond motifs is 1. The summed E-state index contributed by atoms with van der Waals surface area (Å²) >= 11 is 3.48. The van der Waals surface area contributed by atoms with Crippen LogP contribution in [-0.4, -0.2) is 12.6 Å². The van der Waals surface area contributed by atoms with Gasteiger partial charge in [0.05, 0.1) is 6.61 Å². The summed E-state index contributed by atoms with van der Waals surface area (Å²) in [4.78, 5) is 0. The molecule has 1 unspecified atom stereocenters. The van der Waals surface area contributed by atoms with E-state index in [1.54, 1.807) is 6.07 Å². The Hall–Kier alpha value is -0.610. The lowest BCUT2D eigenvalue weighted by Crippen LogP contribution is -2.29. The minimum atomic E-state index is -0.263. The van der Waals surface area contributed by atoms with Crippen LogP contribution in [0.5, 0.6) is 5.75 Å². The van der Waals surface area contributed by atoms with Crippen LogP contribution in [0.25, 0.3) is 0 Å². The van der Waals surface area contributed by atoms with E-state index in [2.05, 4.69) is 21.2 Å². The maximum absolute atomic E-state index is 13.6. The summed E-state index contributed by atoms with van der Waals surface area (Å²) in [5, 5.41) is 3.54. The van der Waals surface area contributed by atoms with Gasteiger partial charge in [-0.15, -0.1) is 0 Å². The summed E-state index contributed by atoms with van der Waals surface area (Å²) < 4.78 is 20.0. The largest absolute Gasteiger partial charge is 0.490 e. The Morgan fingerprint density at radius 1 is 1.31 bits per heavy atom. The van der Waals surface area contributed by atoms with Crippen LogP contribution in [0.3, 0.4) is 0 Å². The van der Waals surface area contributed by atoms with E-state index < -0.39 is 0 Å². The SMILES string of the molecule is Fc1ccc(Br)c2c1OCCC2NC1CC1. The van der Waals surface area contributed by atoms with Gasteiger partial charge in [-0.25, -0.2) is 4.39 Å². The highest BCUT2D eigenvalue weighted by molar-refractivity contribution is 9.10. The zero-order chi connectivity index (χ0) is 11.1. The first-order chi connectivity index (χ1) is 7.75. The van der Waals surface area contributed by atoms with E-state index in [1.165, 1.54) is 18.9 Å². The zero-order valence-corrected chi connectivity index (χ0v) is 10.4. The second kappa shape index (κ2) is 4.00. The Balaban J connectivity index is 1.98. The van der Waals surface area contributed by atoms with Crippen LogP contribution < -0.4 is 10.1 Å².